The highest BCUT2D eigenvalue weighted by Crippen LogP contribution is 2.15. The summed E-state index contributed by atoms with van der Waals surface area (Å²) in [5, 5.41) is 13.7. The van der Waals surface area contributed by atoms with Gasteiger partial charge in [-0.25, -0.2) is 17.8 Å². The van der Waals surface area contributed by atoms with Crippen LogP contribution in [0.3, 0.4) is 0 Å². The van der Waals surface area contributed by atoms with Gasteiger partial charge in [0.2, 0.25) is 15.9 Å². The maximum Gasteiger partial charge on any atom is 0.240 e. The van der Waals surface area contributed by atoms with Crippen LogP contribution >= 0.6 is 0 Å². The summed E-state index contributed by atoms with van der Waals surface area (Å²) in [6, 6.07) is 13.1. The Bertz CT molecular complexity index is 1030. The normalized spacial score (nSPS) is 11.5. The zero-order valence-corrected chi connectivity index (χ0v) is 16.2. The third-order valence-corrected chi connectivity index (χ3v) is 5.43. The van der Waals surface area contributed by atoms with Gasteiger partial charge in [-0.3, -0.25) is 4.79 Å². The van der Waals surface area contributed by atoms with Crippen molar-refractivity contribution in [2.75, 3.05) is 5.32 Å². The van der Waals surface area contributed by atoms with Gasteiger partial charge in [0.15, 0.2) is 0 Å². The molecule has 0 aliphatic rings. The van der Waals surface area contributed by atoms with Gasteiger partial charge in [-0.05, 0) is 66.2 Å². The van der Waals surface area contributed by atoms with Crippen molar-refractivity contribution in [3.63, 3.8) is 0 Å². The number of hydrogen-bond donors (Lipinski definition) is 2. The zero-order valence-electron chi connectivity index (χ0n) is 15.4. The lowest BCUT2D eigenvalue weighted by molar-refractivity contribution is -0.115. The van der Waals surface area contributed by atoms with Crippen LogP contribution < -0.4 is 10.0 Å². The molecule has 9 nitrogen and oxygen atoms in total. The molecule has 146 valence electrons. The van der Waals surface area contributed by atoms with Gasteiger partial charge in [-0.1, -0.05) is 12.1 Å². The SMILES string of the molecule is CC(C)NS(=O)(=O)c1ccc(NC(=O)Cc2ccc(-n3cnnn3)cc2)cc1. The van der Waals surface area contributed by atoms with E-state index in [1.54, 1.807) is 26.0 Å². The minimum atomic E-state index is -3.55. The summed E-state index contributed by atoms with van der Waals surface area (Å²) in [5.74, 6) is -0.203. The average Bonchev–Trinajstić information content (AvgIpc) is 3.16. The highest BCUT2D eigenvalue weighted by molar-refractivity contribution is 7.89. The molecule has 28 heavy (non-hydrogen) atoms. The van der Waals surface area contributed by atoms with Gasteiger partial charge >= 0.3 is 0 Å². The van der Waals surface area contributed by atoms with Crippen LogP contribution in [0, 0.1) is 0 Å². The molecule has 0 aliphatic carbocycles. The Balaban J connectivity index is 1.60. The molecule has 1 heterocycles. The lowest BCUT2D eigenvalue weighted by Gasteiger charge is -2.10. The van der Waals surface area contributed by atoms with Gasteiger partial charge in [0.1, 0.15) is 6.33 Å². The highest BCUT2D eigenvalue weighted by atomic mass is 32.2. The van der Waals surface area contributed by atoms with E-state index in [-0.39, 0.29) is 23.3 Å². The number of nitrogens with one attached hydrogen (secondary N) is 2. The Kier molecular flexibility index (Phi) is 5.81. The second-order valence-corrected chi connectivity index (χ2v) is 8.16. The summed E-state index contributed by atoms with van der Waals surface area (Å²) in [4.78, 5) is 12.4. The first kappa shape index (κ1) is 19.6. The second kappa shape index (κ2) is 8.28. The van der Waals surface area contributed by atoms with Crippen molar-refractivity contribution in [3.05, 3.63) is 60.4 Å². The predicted octanol–water partition coefficient (Wildman–Crippen LogP) is 1.53. The maximum atomic E-state index is 12.2. The molecule has 1 aromatic heterocycles. The van der Waals surface area contributed by atoms with Gasteiger partial charge in [-0.2, -0.15) is 0 Å². The molecule has 2 N–H and O–H groups in total. The van der Waals surface area contributed by atoms with Crippen LogP contribution in [-0.2, 0) is 21.2 Å². The summed E-state index contributed by atoms with van der Waals surface area (Å²) in [6.45, 7) is 3.50. The number of tetrazole rings is 1. The van der Waals surface area contributed by atoms with Crippen molar-refractivity contribution in [2.45, 2.75) is 31.2 Å². The molecule has 0 unspecified atom stereocenters. The zero-order chi connectivity index (χ0) is 20.1. The number of sulfonamides is 1. The largest absolute Gasteiger partial charge is 0.326 e. The fraction of sp³-hybridized carbons (Fsp3) is 0.222. The monoisotopic (exact) mass is 400 g/mol. The minimum absolute atomic E-state index is 0.150. The number of anilines is 1. The topological polar surface area (TPSA) is 119 Å². The Morgan fingerprint density at radius 1 is 1.07 bits per heavy atom. The van der Waals surface area contributed by atoms with Crippen molar-refractivity contribution in [3.8, 4) is 5.69 Å². The molecule has 1 amide bonds. The van der Waals surface area contributed by atoms with Crippen LogP contribution in [0.1, 0.15) is 19.4 Å². The number of hydrogen-bond acceptors (Lipinski definition) is 6. The number of aromatic nitrogens is 4. The van der Waals surface area contributed by atoms with Crippen LogP contribution in [0.4, 0.5) is 5.69 Å². The first-order chi connectivity index (χ1) is 13.3. The second-order valence-electron chi connectivity index (χ2n) is 6.45. The maximum absolute atomic E-state index is 12.2. The quantitative estimate of drug-likeness (QED) is 0.621. The predicted molar refractivity (Wildman–Crippen MR) is 103 cm³/mol. The van der Waals surface area contributed by atoms with E-state index in [0.29, 0.717) is 5.69 Å². The van der Waals surface area contributed by atoms with E-state index in [1.807, 2.05) is 24.3 Å². The van der Waals surface area contributed by atoms with Crippen molar-refractivity contribution in [1.29, 1.82) is 0 Å². The first-order valence-electron chi connectivity index (χ1n) is 8.58. The average molecular weight is 400 g/mol. The Morgan fingerprint density at radius 3 is 2.32 bits per heavy atom. The highest BCUT2D eigenvalue weighted by Gasteiger charge is 2.15. The molecule has 0 radical (unpaired) electrons. The number of amides is 1. The molecular weight excluding hydrogens is 380 g/mol. The lowest BCUT2D eigenvalue weighted by Crippen LogP contribution is -2.30. The molecule has 0 fully saturated rings. The van der Waals surface area contributed by atoms with Crippen molar-refractivity contribution in [1.82, 2.24) is 24.9 Å². The Hall–Kier alpha value is -3.11. The van der Waals surface area contributed by atoms with E-state index in [2.05, 4.69) is 25.6 Å². The van der Waals surface area contributed by atoms with Gasteiger partial charge in [-0.15, -0.1) is 5.10 Å². The molecule has 2 aromatic carbocycles. The molecule has 0 saturated heterocycles. The molecular formula is C18H20N6O3S. The summed E-state index contributed by atoms with van der Waals surface area (Å²) >= 11 is 0. The van der Waals surface area contributed by atoms with E-state index in [1.165, 1.54) is 23.1 Å². The first-order valence-corrected chi connectivity index (χ1v) is 10.1. The molecule has 0 saturated carbocycles. The molecule has 0 spiro atoms. The standard InChI is InChI=1S/C18H20N6O3S/c1-13(2)21-28(26,27)17-9-5-15(6-10-17)20-18(25)11-14-3-7-16(8-4-14)24-12-19-22-23-24/h3-10,12-13,21H,11H2,1-2H3,(H,20,25). The number of nitrogens with zero attached hydrogens (tertiary/aromatic N) is 4. The molecule has 0 bridgehead atoms. The van der Waals surface area contributed by atoms with Crippen molar-refractivity contribution in [2.24, 2.45) is 0 Å². The summed E-state index contributed by atoms with van der Waals surface area (Å²) in [5.41, 5.74) is 2.15. The van der Waals surface area contributed by atoms with E-state index in [4.69, 9.17) is 0 Å². The van der Waals surface area contributed by atoms with Gasteiger partial charge in [0, 0.05) is 11.7 Å². The van der Waals surface area contributed by atoms with Crippen molar-refractivity contribution < 1.29 is 13.2 Å². The third-order valence-electron chi connectivity index (χ3n) is 3.75. The summed E-state index contributed by atoms with van der Waals surface area (Å²) in [6.07, 6.45) is 1.67. The van der Waals surface area contributed by atoms with Crippen LogP contribution in [0.2, 0.25) is 0 Å². The number of benzene rings is 2. The lowest BCUT2D eigenvalue weighted by atomic mass is 10.1. The molecule has 3 aromatic rings. The minimum Gasteiger partial charge on any atom is -0.326 e. The number of carbonyl (C=O) groups excluding carboxylic acids is 1. The van der Waals surface area contributed by atoms with E-state index < -0.39 is 10.0 Å². The van der Waals surface area contributed by atoms with Crippen LogP contribution in [0.15, 0.2) is 59.8 Å². The van der Waals surface area contributed by atoms with Crippen LogP contribution in [0.5, 0.6) is 0 Å². The fourth-order valence-corrected chi connectivity index (χ4v) is 3.78. The summed E-state index contributed by atoms with van der Waals surface area (Å²) in [7, 11) is -3.55. The van der Waals surface area contributed by atoms with Crippen LogP contribution in [-0.4, -0.2) is 40.6 Å². The summed E-state index contributed by atoms with van der Waals surface area (Å²) < 4.78 is 28.3. The van der Waals surface area contributed by atoms with Gasteiger partial charge in [0.05, 0.1) is 17.0 Å². The molecule has 3 rings (SSSR count). The molecule has 0 atom stereocenters. The molecule has 10 heteroatoms. The van der Waals surface area contributed by atoms with E-state index in [0.717, 1.165) is 11.3 Å². The number of carbonyl (C=O) groups is 1. The third kappa shape index (κ3) is 4.99. The fourth-order valence-electron chi connectivity index (χ4n) is 2.53. The Morgan fingerprint density at radius 2 is 1.75 bits per heavy atom. The van der Waals surface area contributed by atoms with Crippen molar-refractivity contribution >= 4 is 21.6 Å². The Labute approximate surface area is 162 Å². The van der Waals surface area contributed by atoms with Gasteiger partial charge < -0.3 is 5.32 Å². The van der Waals surface area contributed by atoms with Gasteiger partial charge in [0.25, 0.3) is 0 Å². The van der Waals surface area contributed by atoms with Crippen LogP contribution in [0.25, 0.3) is 5.69 Å². The smallest absolute Gasteiger partial charge is 0.240 e. The number of rotatable bonds is 7. The molecule has 0 aliphatic heterocycles. The van der Waals surface area contributed by atoms with E-state index in [9.17, 15) is 13.2 Å². The van der Waals surface area contributed by atoms with E-state index >= 15 is 0 Å².